The first-order valence-corrected chi connectivity index (χ1v) is 6.57. The summed E-state index contributed by atoms with van der Waals surface area (Å²) in [5, 5.41) is 8.01. The Kier molecular flexibility index (Phi) is 4.57. The first-order chi connectivity index (χ1) is 9.71. The highest BCUT2D eigenvalue weighted by Crippen LogP contribution is 2.31. The fourth-order valence-corrected chi connectivity index (χ4v) is 2.13. The van der Waals surface area contributed by atoms with Gasteiger partial charge >= 0.3 is 0 Å². The lowest BCUT2D eigenvalue weighted by Crippen LogP contribution is -2.18. The third-order valence-corrected chi connectivity index (χ3v) is 3.17. The van der Waals surface area contributed by atoms with E-state index in [2.05, 4.69) is 17.2 Å². The maximum Gasteiger partial charge on any atom is 0.124 e. The molecule has 6 nitrogen and oxygen atoms in total. The Bertz CT molecular complexity index is 568. The Labute approximate surface area is 118 Å². The van der Waals surface area contributed by atoms with Gasteiger partial charge in [-0.1, -0.05) is 12.1 Å². The molecule has 2 N–H and O–H groups in total. The van der Waals surface area contributed by atoms with Crippen LogP contribution in [0.1, 0.15) is 30.6 Å². The number of hydrogen-bond donors (Lipinski definition) is 1. The third kappa shape index (κ3) is 2.75. The van der Waals surface area contributed by atoms with Crippen LogP contribution in [0.25, 0.3) is 0 Å². The Morgan fingerprint density at radius 2 is 2.10 bits per heavy atom. The molecule has 0 aliphatic rings. The van der Waals surface area contributed by atoms with Crippen LogP contribution in [0.4, 0.5) is 0 Å². The van der Waals surface area contributed by atoms with Gasteiger partial charge in [-0.05, 0) is 24.6 Å². The molecular formula is C14H20N4O2. The summed E-state index contributed by atoms with van der Waals surface area (Å²) in [5.41, 5.74) is 8.07. The second kappa shape index (κ2) is 6.38. The minimum absolute atomic E-state index is 0.360. The second-order valence-electron chi connectivity index (χ2n) is 4.47. The van der Waals surface area contributed by atoms with Crippen LogP contribution in [0, 0.1) is 0 Å². The van der Waals surface area contributed by atoms with Gasteiger partial charge < -0.3 is 15.2 Å². The van der Waals surface area contributed by atoms with Crippen LogP contribution in [-0.4, -0.2) is 29.2 Å². The minimum atomic E-state index is -0.360. The fraction of sp³-hybridized carbons (Fsp3) is 0.429. The van der Waals surface area contributed by atoms with Crippen molar-refractivity contribution >= 4 is 0 Å². The molecule has 108 valence electrons. The standard InChI is InChI=1S/C14H20N4O2/c1-4-7-18-12(9-16-17-18)14(15)11-8-10(19-2)5-6-13(11)20-3/h5-6,8-9,14H,4,7,15H2,1-3H3. The van der Waals surface area contributed by atoms with Crippen LogP contribution in [-0.2, 0) is 6.54 Å². The van der Waals surface area contributed by atoms with Crippen molar-refractivity contribution in [2.24, 2.45) is 5.73 Å². The fourth-order valence-electron chi connectivity index (χ4n) is 2.13. The Hall–Kier alpha value is -2.08. The van der Waals surface area contributed by atoms with Crippen molar-refractivity contribution in [3.8, 4) is 11.5 Å². The molecule has 1 heterocycles. The lowest BCUT2D eigenvalue weighted by molar-refractivity contribution is 0.396. The number of nitrogens with two attached hydrogens (primary N) is 1. The lowest BCUT2D eigenvalue weighted by atomic mass is 10.0. The topological polar surface area (TPSA) is 75.2 Å². The van der Waals surface area contributed by atoms with Crippen molar-refractivity contribution in [3.05, 3.63) is 35.7 Å². The highest BCUT2D eigenvalue weighted by atomic mass is 16.5. The average molecular weight is 276 g/mol. The van der Waals surface area contributed by atoms with E-state index in [-0.39, 0.29) is 6.04 Å². The molecule has 0 radical (unpaired) electrons. The number of benzene rings is 1. The molecule has 20 heavy (non-hydrogen) atoms. The van der Waals surface area contributed by atoms with Crippen molar-refractivity contribution in [1.82, 2.24) is 15.0 Å². The molecule has 0 bridgehead atoms. The highest BCUT2D eigenvalue weighted by molar-refractivity contribution is 5.44. The zero-order chi connectivity index (χ0) is 14.5. The number of hydrogen-bond acceptors (Lipinski definition) is 5. The monoisotopic (exact) mass is 276 g/mol. The van der Waals surface area contributed by atoms with Gasteiger partial charge in [0.15, 0.2) is 0 Å². The molecule has 0 saturated carbocycles. The van der Waals surface area contributed by atoms with Gasteiger partial charge in [-0.25, -0.2) is 4.68 Å². The van der Waals surface area contributed by atoms with E-state index in [1.165, 1.54) is 0 Å². The zero-order valence-corrected chi connectivity index (χ0v) is 12.0. The molecule has 2 aromatic rings. The zero-order valence-electron chi connectivity index (χ0n) is 12.0. The van der Waals surface area contributed by atoms with Gasteiger partial charge in [0, 0.05) is 12.1 Å². The normalized spacial score (nSPS) is 12.2. The minimum Gasteiger partial charge on any atom is -0.497 e. The Morgan fingerprint density at radius 1 is 1.30 bits per heavy atom. The van der Waals surface area contributed by atoms with Crippen LogP contribution in [0.15, 0.2) is 24.4 Å². The summed E-state index contributed by atoms with van der Waals surface area (Å²) in [6.07, 6.45) is 2.66. The van der Waals surface area contributed by atoms with E-state index >= 15 is 0 Å². The largest absolute Gasteiger partial charge is 0.497 e. The van der Waals surface area contributed by atoms with E-state index in [4.69, 9.17) is 15.2 Å². The summed E-state index contributed by atoms with van der Waals surface area (Å²) >= 11 is 0. The third-order valence-electron chi connectivity index (χ3n) is 3.17. The SMILES string of the molecule is CCCn1nncc1C(N)c1cc(OC)ccc1OC. The number of aromatic nitrogens is 3. The summed E-state index contributed by atoms with van der Waals surface area (Å²) in [5.74, 6) is 1.47. The molecule has 1 aromatic carbocycles. The van der Waals surface area contributed by atoms with Crippen LogP contribution in [0.5, 0.6) is 11.5 Å². The van der Waals surface area contributed by atoms with E-state index in [9.17, 15) is 0 Å². The highest BCUT2D eigenvalue weighted by Gasteiger charge is 2.19. The van der Waals surface area contributed by atoms with Gasteiger partial charge in [-0.3, -0.25) is 0 Å². The van der Waals surface area contributed by atoms with Crippen molar-refractivity contribution < 1.29 is 9.47 Å². The molecule has 0 aliphatic carbocycles. The molecular weight excluding hydrogens is 256 g/mol. The summed E-state index contributed by atoms with van der Waals surface area (Å²) in [6.45, 7) is 2.87. The molecule has 0 spiro atoms. The van der Waals surface area contributed by atoms with Crippen LogP contribution >= 0.6 is 0 Å². The van der Waals surface area contributed by atoms with Gasteiger partial charge in [-0.15, -0.1) is 5.10 Å². The maximum absolute atomic E-state index is 6.36. The van der Waals surface area contributed by atoms with Gasteiger partial charge in [-0.2, -0.15) is 0 Å². The van der Waals surface area contributed by atoms with E-state index in [1.54, 1.807) is 20.4 Å². The molecule has 0 fully saturated rings. The van der Waals surface area contributed by atoms with Gasteiger partial charge in [0.2, 0.25) is 0 Å². The van der Waals surface area contributed by atoms with Crippen molar-refractivity contribution in [3.63, 3.8) is 0 Å². The molecule has 1 aromatic heterocycles. The van der Waals surface area contributed by atoms with Crippen LogP contribution in [0.2, 0.25) is 0 Å². The maximum atomic E-state index is 6.36. The average Bonchev–Trinajstić information content (AvgIpc) is 2.94. The molecule has 6 heteroatoms. The Balaban J connectivity index is 2.41. The number of rotatable bonds is 6. The molecule has 0 aliphatic heterocycles. The molecule has 1 atom stereocenters. The number of aryl methyl sites for hydroxylation is 1. The van der Waals surface area contributed by atoms with E-state index in [1.807, 2.05) is 22.9 Å². The first-order valence-electron chi connectivity index (χ1n) is 6.57. The van der Waals surface area contributed by atoms with Crippen molar-refractivity contribution in [1.29, 1.82) is 0 Å². The van der Waals surface area contributed by atoms with Crippen molar-refractivity contribution in [2.45, 2.75) is 25.9 Å². The van der Waals surface area contributed by atoms with Gasteiger partial charge in [0.05, 0.1) is 32.2 Å². The smallest absolute Gasteiger partial charge is 0.124 e. The summed E-state index contributed by atoms with van der Waals surface area (Å²) < 4.78 is 12.5. The molecule has 1 unspecified atom stereocenters. The predicted molar refractivity (Wildman–Crippen MR) is 75.9 cm³/mol. The number of methoxy groups -OCH3 is 2. The van der Waals surface area contributed by atoms with Gasteiger partial charge in [0.1, 0.15) is 11.5 Å². The quantitative estimate of drug-likeness (QED) is 0.870. The van der Waals surface area contributed by atoms with E-state index < -0.39 is 0 Å². The number of nitrogens with zero attached hydrogens (tertiary/aromatic N) is 3. The van der Waals surface area contributed by atoms with Crippen LogP contribution in [0.3, 0.4) is 0 Å². The molecule has 0 saturated heterocycles. The summed E-state index contributed by atoms with van der Waals surface area (Å²) in [4.78, 5) is 0. The van der Waals surface area contributed by atoms with Crippen LogP contribution < -0.4 is 15.2 Å². The first kappa shape index (κ1) is 14.3. The summed E-state index contributed by atoms with van der Waals surface area (Å²) in [7, 11) is 3.25. The Morgan fingerprint density at radius 3 is 2.75 bits per heavy atom. The van der Waals surface area contributed by atoms with E-state index in [0.717, 1.165) is 35.7 Å². The number of ether oxygens (including phenoxy) is 2. The molecule has 2 rings (SSSR count). The lowest BCUT2D eigenvalue weighted by Gasteiger charge is -2.17. The predicted octanol–water partition coefficient (Wildman–Crippen LogP) is 1.75. The molecule has 0 amide bonds. The second-order valence-corrected chi connectivity index (χ2v) is 4.47. The van der Waals surface area contributed by atoms with Crippen molar-refractivity contribution in [2.75, 3.05) is 14.2 Å². The van der Waals surface area contributed by atoms with Gasteiger partial charge in [0.25, 0.3) is 0 Å². The summed E-state index contributed by atoms with van der Waals surface area (Å²) in [6, 6.07) is 5.22. The van der Waals surface area contributed by atoms with E-state index in [0.29, 0.717) is 0 Å².